The molecule has 1 aliphatic heterocycles. The first kappa shape index (κ1) is 19.0. The van der Waals surface area contributed by atoms with Crippen LogP contribution in [0.5, 0.6) is 11.5 Å². The number of benzene rings is 2. The van der Waals surface area contributed by atoms with Crippen molar-refractivity contribution >= 4 is 28.7 Å². The van der Waals surface area contributed by atoms with E-state index in [-0.39, 0.29) is 23.4 Å². The fourth-order valence-corrected chi connectivity index (χ4v) is 3.56. The van der Waals surface area contributed by atoms with Crippen molar-refractivity contribution in [1.29, 1.82) is 0 Å². The molecule has 1 aromatic heterocycles. The Balaban J connectivity index is 1.72. The highest BCUT2D eigenvalue weighted by Crippen LogP contribution is 2.38. The van der Waals surface area contributed by atoms with Crippen molar-refractivity contribution in [3.8, 4) is 11.5 Å². The smallest absolute Gasteiger partial charge is 0.313 e. The maximum Gasteiger partial charge on any atom is 0.313 e. The molecule has 29 heavy (non-hydrogen) atoms. The van der Waals surface area contributed by atoms with Crippen LogP contribution in [0, 0.1) is 12.8 Å². The van der Waals surface area contributed by atoms with Crippen LogP contribution in [0.3, 0.4) is 0 Å². The summed E-state index contributed by atoms with van der Waals surface area (Å²) < 4.78 is 13.4. The SMILES string of the molecule is CCn1cc(/C=C2\Oc3cc(OC(=O)C(C)C)cc(C)c3C2=O)c2ccccc21. The largest absolute Gasteiger partial charge is 0.452 e. The number of allylic oxidation sites excluding steroid dienone is 1. The van der Waals surface area contributed by atoms with Crippen LogP contribution >= 0.6 is 0 Å². The van der Waals surface area contributed by atoms with Crippen LogP contribution in [0.2, 0.25) is 0 Å². The van der Waals surface area contributed by atoms with Crippen molar-refractivity contribution in [2.45, 2.75) is 34.2 Å². The minimum Gasteiger partial charge on any atom is -0.452 e. The first-order chi connectivity index (χ1) is 13.9. The second kappa shape index (κ2) is 7.24. The van der Waals surface area contributed by atoms with Gasteiger partial charge in [0.2, 0.25) is 5.78 Å². The van der Waals surface area contributed by atoms with Gasteiger partial charge in [-0.25, -0.2) is 0 Å². The molecule has 0 saturated carbocycles. The number of ether oxygens (including phenoxy) is 2. The zero-order valence-electron chi connectivity index (χ0n) is 17.0. The molecular weight excluding hydrogens is 366 g/mol. The molecule has 0 N–H and O–H groups in total. The third-order valence-corrected chi connectivity index (χ3v) is 5.08. The van der Waals surface area contributed by atoms with Crippen molar-refractivity contribution in [3.63, 3.8) is 0 Å². The molecule has 5 nitrogen and oxygen atoms in total. The van der Waals surface area contributed by atoms with Crippen LogP contribution in [0.1, 0.15) is 42.3 Å². The van der Waals surface area contributed by atoms with Gasteiger partial charge in [0, 0.05) is 35.3 Å². The molecule has 3 aromatic rings. The van der Waals surface area contributed by atoms with Crippen molar-refractivity contribution < 1.29 is 19.1 Å². The van der Waals surface area contributed by atoms with Gasteiger partial charge in [0.15, 0.2) is 5.76 Å². The Bertz CT molecular complexity index is 1170. The monoisotopic (exact) mass is 389 g/mol. The quantitative estimate of drug-likeness (QED) is 0.352. The van der Waals surface area contributed by atoms with Gasteiger partial charge in [0.1, 0.15) is 11.5 Å². The van der Waals surface area contributed by atoms with Crippen LogP contribution in [-0.4, -0.2) is 16.3 Å². The van der Waals surface area contributed by atoms with Gasteiger partial charge in [0.05, 0.1) is 11.5 Å². The Kier molecular flexibility index (Phi) is 4.74. The molecular formula is C24H23NO4. The van der Waals surface area contributed by atoms with Crippen LogP contribution in [0.25, 0.3) is 17.0 Å². The van der Waals surface area contributed by atoms with Gasteiger partial charge in [-0.3, -0.25) is 9.59 Å². The number of carbonyl (C=O) groups is 2. The summed E-state index contributed by atoms with van der Waals surface area (Å²) in [6, 6.07) is 11.4. The zero-order valence-corrected chi connectivity index (χ0v) is 17.0. The summed E-state index contributed by atoms with van der Waals surface area (Å²) in [6.07, 6.45) is 3.82. The van der Waals surface area contributed by atoms with Gasteiger partial charge in [-0.15, -0.1) is 0 Å². The van der Waals surface area contributed by atoms with Gasteiger partial charge < -0.3 is 14.0 Å². The molecule has 1 aliphatic rings. The highest BCUT2D eigenvalue weighted by atomic mass is 16.5. The highest BCUT2D eigenvalue weighted by Gasteiger charge is 2.30. The Morgan fingerprint density at radius 3 is 2.72 bits per heavy atom. The third kappa shape index (κ3) is 3.33. The zero-order chi connectivity index (χ0) is 20.7. The number of hydrogen-bond donors (Lipinski definition) is 0. The topological polar surface area (TPSA) is 57.5 Å². The molecule has 2 heterocycles. The molecule has 0 amide bonds. The molecule has 5 heteroatoms. The average molecular weight is 389 g/mol. The normalized spacial score (nSPS) is 14.5. The van der Waals surface area contributed by atoms with Gasteiger partial charge >= 0.3 is 5.97 Å². The van der Waals surface area contributed by atoms with Gasteiger partial charge in [-0.2, -0.15) is 0 Å². The van der Waals surface area contributed by atoms with Gasteiger partial charge in [0.25, 0.3) is 0 Å². The average Bonchev–Trinajstić information content (AvgIpc) is 3.20. The van der Waals surface area contributed by atoms with Crippen LogP contribution in [0.15, 0.2) is 48.4 Å². The first-order valence-electron chi connectivity index (χ1n) is 9.77. The van der Waals surface area contributed by atoms with Crippen LogP contribution in [-0.2, 0) is 11.3 Å². The number of fused-ring (bicyclic) bond motifs is 2. The molecule has 148 valence electrons. The van der Waals surface area contributed by atoms with Gasteiger partial charge in [-0.05, 0) is 37.6 Å². The molecule has 0 saturated heterocycles. The molecule has 2 aromatic carbocycles. The maximum atomic E-state index is 13.0. The molecule has 4 rings (SSSR count). The van der Waals surface area contributed by atoms with E-state index >= 15 is 0 Å². The second-order valence-corrected chi connectivity index (χ2v) is 7.52. The predicted octanol–water partition coefficient (Wildman–Crippen LogP) is 5.15. The summed E-state index contributed by atoms with van der Waals surface area (Å²) in [5.41, 5.74) is 3.28. The lowest BCUT2D eigenvalue weighted by atomic mass is 10.0. The van der Waals surface area contributed by atoms with Crippen molar-refractivity contribution in [2.24, 2.45) is 5.92 Å². The summed E-state index contributed by atoms with van der Waals surface area (Å²) in [5.74, 6) is 0.361. The lowest BCUT2D eigenvalue weighted by Gasteiger charge is -2.09. The lowest BCUT2D eigenvalue weighted by Crippen LogP contribution is -2.14. The first-order valence-corrected chi connectivity index (χ1v) is 9.77. The van der Waals surface area contributed by atoms with E-state index in [1.165, 1.54) is 0 Å². The predicted molar refractivity (Wildman–Crippen MR) is 112 cm³/mol. The Morgan fingerprint density at radius 2 is 2.00 bits per heavy atom. The van der Waals surface area contributed by atoms with Crippen LogP contribution in [0.4, 0.5) is 0 Å². The van der Waals surface area contributed by atoms with Crippen molar-refractivity contribution in [3.05, 3.63) is 65.0 Å². The number of para-hydroxylation sites is 1. The van der Waals surface area contributed by atoms with Crippen LogP contribution < -0.4 is 9.47 Å². The number of carbonyl (C=O) groups excluding carboxylic acids is 2. The van der Waals surface area contributed by atoms with E-state index in [0.29, 0.717) is 17.1 Å². The summed E-state index contributed by atoms with van der Waals surface area (Å²) in [7, 11) is 0. The second-order valence-electron chi connectivity index (χ2n) is 7.52. The molecule has 0 fully saturated rings. The van der Waals surface area contributed by atoms with Crippen molar-refractivity contribution in [2.75, 3.05) is 0 Å². The van der Waals surface area contributed by atoms with E-state index in [9.17, 15) is 9.59 Å². The molecule has 0 aliphatic carbocycles. The van der Waals surface area contributed by atoms with E-state index in [1.54, 1.807) is 32.1 Å². The standard InChI is InChI=1S/C24H23NO4/c1-5-25-13-16(18-8-6-7-9-19(18)25)11-21-23(26)22-15(4)10-17(12-20(22)29-21)28-24(27)14(2)3/h6-14H,5H2,1-4H3/b21-11-. The minimum atomic E-state index is -0.322. The van der Waals surface area contributed by atoms with E-state index in [4.69, 9.17) is 9.47 Å². The van der Waals surface area contributed by atoms with E-state index < -0.39 is 0 Å². The number of ketones is 1. The summed E-state index contributed by atoms with van der Waals surface area (Å²) in [6.45, 7) is 8.28. The molecule has 0 unspecified atom stereocenters. The molecule has 0 atom stereocenters. The summed E-state index contributed by atoms with van der Waals surface area (Å²) >= 11 is 0. The highest BCUT2D eigenvalue weighted by molar-refractivity contribution is 6.16. The van der Waals surface area contributed by atoms with E-state index in [2.05, 4.69) is 17.6 Å². The number of esters is 1. The maximum absolute atomic E-state index is 13.0. The molecule has 0 bridgehead atoms. The number of hydrogen-bond acceptors (Lipinski definition) is 4. The molecule has 0 radical (unpaired) electrons. The lowest BCUT2D eigenvalue weighted by molar-refractivity contribution is -0.137. The number of rotatable bonds is 4. The Labute approximate surface area is 169 Å². The Hall–Kier alpha value is -3.34. The fourth-order valence-electron chi connectivity index (χ4n) is 3.56. The van der Waals surface area contributed by atoms with E-state index in [1.807, 2.05) is 31.3 Å². The summed E-state index contributed by atoms with van der Waals surface area (Å²) in [5, 5.41) is 1.07. The number of aryl methyl sites for hydroxylation is 2. The van der Waals surface area contributed by atoms with Gasteiger partial charge in [-0.1, -0.05) is 32.0 Å². The molecule has 0 spiro atoms. The van der Waals surface area contributed by atoms with E-state index in [0.717, 1.165) is 28.6 Å². The number of aromatic nitrogens is 1. The van der Waals surface area contributed by atoms with Crippen molar-refractivity contribution in [1.82, 2.24) is 4.57 Å². The fraction of sp³-hybridized carbons (Fsp3) is 0.250. The number of nitrogens with zero attached hydrogens (tertiary/aromatic N) is 1. The summed E-state index contributed by atoms with van der Waals surface area (Å²) in [4.78, 5) is 24.9. The minimum absolute atomic E-state index is 0.160. The third-order valence-electron chi connectivity index (χ3n) is 5.08. The number of Topliss-reactive ketones (excluding diaryl/α,β-unsaturated/α-hetero) is 1. The Morgan fingerprint density at radius 1 is 1.24 bits per heavy atom.